The van der Waals surface area contributed by atoms with Crippen LogP contribution in [0.3, 0.4) is 0 Å². The molecule has 0 saturated carbocycles. The zero-order valence-corrected chi connectivity index (χ0v) is 15.5. The Labute approximate surface area is 139 Å². The number of hydrogen-bond donors (Lipinski definition) is 0. The molecule has 0 aliphatic carbocycles. The Balaban J connectivity index is 2.39. The number of rotatable bonds is 4. The lowest BCUT2D eigenvalue weighted by molar-refractivity contribution is 0.399. The average molecular weight is 369 g/mol. The highest BCUT2D eigenvalue weighted by Gasteiger charge is 2.21. The van der Waals surface area contributed by atoms with Crippen LogP contribution in [0.5, 0.6) is 11.5 Å². The van der Waals surface area contributed by atoms with E-state index in [1.54, 1.807) is 14.2 Å². The summed E-state index contributed by atoms with van der Waals surface area (Å²) in [6, 6.07) is 10.3. The minimum Gasteiger partial charge on any atom is -0.497 e. The summed E-state index contributed by atoms with van der Waals surface area (Å²) in [7, 11) is 3.37. The average Bonchev–Trinajstić information content (AvgIpc) is 2.95. The van der Waals surface area contributed by atoms with Crippen LogP contribution in [0.2, 0.25) is 0 Å². The molecule has 0 spiro atoms. The summed E-state index contributed by atoms with van der Waals surface area (Å²) in [6.07, 6.45) is 0. The first kappa shape index (κ1) is 16.4. The molecule has 1 aromatic heterocycles. The smallest absolute Gasteiger partial charge is 0.123 e. The van der Waals surface area contributed by atoms with Gasteiger partial charge >= 0.3 is 0 Å². The van der Waals surface area contributed by atoms with Crippen molar-refractivity contribution in [1.82, 2.24) is 0 Å². The molecule has 0 radical (unpaired) electrons. The lowest BCUT2D eigenvalue weighted by atomic mass is 9.95. The second kappa shape index (κ2) is 6.41. The largest absolute Gasteiger partial charge is 0.497 e. The maximum absolute atomic E-state index is 5.48. The molecule has 2 aromatic rings. The van der Waals surface area contributed by atoms with Gasteiger partial charge in [0, 0.05) is 15.3 Å². The van der Waals surface area contributed by atoms with E-state index in [1.807, 2.05) is 29.5 Å². The van der Waals surface area contributed by atoms with Crippen molar-refractivity contribution in [2.24, 2.45) is 0 Å². The molecule has 0 N–H and O–H groups in total. The predicted octanol–water partition coefficient (Wildman–Crippen LogP) is 5.55. The summed E-state index contributed by atoms with van der Waals surface area (Å²) in [5.74, 6) is 1.70. The zero-order valence-electron chi connectivity index (χ0n) is 13.1. The van der Waals surface area contributed by atoms with Crippen molar-refractivity contribution in [3.8, 4) is 11.5 Å². The minimum absolute atomic E-state index is 0.101. The molecule has 2 rings (SSSR count). The first-order valence-corrected chi connectivity index (χ1v) is 8.56. The SMILES string of the molecule is COc1ccc(OC)c(C(Br)c2ccc(C(C)(C)C)s2)c1. The number of alkyl halides is 1. The van der Waals surface area contributed by atoms with Crippen LogP contribution in [0.15, 0.2) is 30.3 Å². The first-order valence-electron chi connectivity index (χ1n) is 6.83. The van der Waals surface area contributed by atoms with Crippen LogP contribution in [-0.2, 0) is 5.41 Å². The van der Waals surface area contributed by atoms with Crippen molar-refractivity contribution < 1.29 is 9.47 Å². The zero-order chi connectivity index (χ0) is 15.6. The summed E-state index contributed by atoms with van der Waals surface area (Å²) >= 11 is 5.64. The number of ether oxygens (including phenoxy) is 2. The summed E-state index contributed by atoms with van der Waals surface area (Å²) in [5.41, 5.74) is 1.26. The molecular weight excluding hydrogens is 348 g/mol. The normalized spacial score (nSPS) is 13.0. The van der Waals surface area contributed by atoms with Crippen molar-refractivity contribution in [2.45, 2.75) is 31.0 Å². The second-order valence-electron chi connectivity index (χ2n) is 5.92. The fourth-order valence-corrected chi connectivity index (χ4v) is 3.94. The molecule has 0 amide bonds. The summed E-state index contributed by atoms with van der Waals surface area (Å²) in [4.78, 5) is 2.75. The van der Waals surface area contributed by atoms with Crippen molar-refractivity contribution in [1.29, 1.82) is 0 Å². The van der Waals surface area contributed by atoms with Crippen LogP contribution in [-0.4, -0.2) is 14.2 Å². The van der Waals surface area contributed by atoms with Crippen LogP contribution < -0.4 is 9.47 Å². The Morgan fingerprint density at radius 2 is 1.76 bits per heavy atom. The van der Waals surface area contributed by atoms with Gasteiger partial charge in [0.25, 0.3) is 0 Å². The van der Waals surface area contributed by atoms with E-state index in [1.165, 1.54) is 9.75 Å². The van der Waals surface area contributed by atoms with E-state index in [9.17, 15) is 0 Å². The molecule has 1 unspecified atom stereocenters. The number of methoxy groups -OCH3 is 2. The van der Waals surface area contributed by atoms with Crippen molar-refractivity contribution >= 4 is 27.3 Å². The number of hydrogen-bond acceptors (Lipinski definition) is 3. The van der Waals surface area contributed by atoms with E-state index >= 15 is 0 Å². The molecular formula is C17H21BrO2S. The molecule has 21 heavy (non-hydrogen) atoms. The quantitative estimate of drug-likeness (QED) is 0.658. The van der Waals surface area contributed by atoms with E-state index in [0.29, 0.717) is 0 Å². The van der Waals surface area contributed by atoms with Gasteiger partial charge in [-0.05, 0) is 35.7 Å². The number of benzene rings is 1. The molecule has 1 heterocycles. The molecule has 1 aromatic carbocycles. The Morgan fingerprint density at radius 1 is 1.05 bits per heavy atom. The topological polar surface area (TPSA) is 18.5 Å². The van der Waals surface area contributed by atoms with Gasteiger partial charge in [-0.25, -0.2) is 0 Å². The van der Waals surface area contributed by atoms with Crippen LogP contribution in [0, 0.1) is 0 Å². The first-order chi connectivity index (χ1) is 9.86. The van der Waals surface area contributed by atoms with E-state index in [2.05, 4.69) is 48.8 Å². The fourth-order valence-electron chi connectivity index (χ4n) is 2.08. The molecule has 0 fully saturated rings. The third kappa shape index (κ3) is 3.61. The summed E-state index contributed by atoms with van der Waals surface area (Å²) in [5, 5.41) is 0. The standard InChI is InChI=1S/C17H21BrO2S/c1-17(2,3)15-9-8-14(21-15)16(18)12-10-11(19-4)6-7-13(12)20-5/h6-10,16H,1-5H3. The van der Waals surface area contributed by atoms with E-state index in [-0.39, 0.29) is 10.2 Å². The van der Waals surface area contributed by atoms with E-state index in [0.717, 1.165) is 17.1 Å². The molecule has 114 valence electrons. The van der Waals surface area contributed by atoms with Gasteiger partial charge in [-0.2, -0.15) is 0 Å². The third-order valence-corrected chi connectivity index (χ3v) is 6.19. The molecule has 4 heteroatoms. The lowest BCUT2D eigenvalue weighted by Crippen LogP contribution is -2.07. The maximum atomic E-state index is 5.48. The number of halogens is 1. The van der Waals surface area contributed by atoms with Crippen molar-refractivity contribution in [3.05, 3.63) is 45.6 Å². The van der Waals surface area contributed by atoms with Gasteiger partial charge < -0.3 is 9.47 Å². The minimum atomic E-state index is 0.101. The predicted molar refractivity (Wildman–Crippen MR) is 93.3 cm³/mol. The van der Waals surface area contributed by atoms with Crippen LogP contribution in [0.1, 0.15) is 40.9 Å². The van der Waals surface area contributed by atoms with E-state index in [4.69, 9.17) is 9.47 Å². The van der Waals surface area contributed by atoms with Crippen molar-refractivity contribution in [2.75, 3.05) is 14.2 Å². The van der Waals surface area contributed by atoms with Crippen LogP contribution >= 0.6 is 27.3 Å². The van der Waals surface area contributed by atoms with Gasteiger partial charge in [0.1, 0.15) is 11.5 Å². The van der Waals surface area contributed by atoms with Gasteiger partial charge in [0.05, 0.1) is 19.0 Å². The maximum Gasteiger partial charge on any atom is 0.123 e. The highest BCUT2D eigenvalue weighted by atomic mass is 79.9. The highest BCUT2D eigenvalue weighted by Crippen LogP contribution is 2.42. The molecule has 0 saturated heterocycles. The van der Waals surface area contributed by atoms with Gasteiger partial charge in [-0.15, -0.1) is 11.3 Å². The highest BCUT2D eigenvalue weighted by molar-refractivity contribution is 9.09. The lowest BCUT2D eigenvalue weighted by Gasteiger charge is -2.17. The molecule has 2 nitrogen and oxygen atoms in total. The van der Waals surface area contributed by atoms with Crippen LogP contribution in [0.25, 0.3) is 0 Å². The molecule has 1 atom stereocenters. The summed E-state index contributed by atoms with van der Waals surface area (Å²) in [6.45, 7) is 6.70. The third-order valence-electron chi connectivity index (χ3n) is 3.33. The molecule has 0 bridgehead atoms. The van der Waals surface area contributed by atoms with Gasteiger partial charge in [-0.3, -0.25) is 0 Å². The Kier molecular flexibility index (Phi) is 4.99. The van der Waals surface area contributed by atoms with Gasteiger partial charge in [-0.1, -0.05) is 36.7 Å². The molecule has 0 aliphatic rings. The Morgan fingerprint density at radius 3 is 2.29 bits per heavy atom. The Hall–Kier alpha value is -1.00. The fraction of sp³-hybridized carbons (Fsp3) is 0.412. The van der Waals surface area contributed by atoms with Crippen LogP contribution in [0.4, 0.5) is 0 Å². The monoisotopic (exact) mass is 368 g/mol. The number of thiophene rings is 1. The van der Waals surface area contributed by atoms with Gasteiger partial charge in [0.15, 0.2) is 0 Å². The van der Waals surface area contributed by atoms with E-state index < -0.39 is 0 Å². The Bertz CT molecular complexity index is 613. The van der Waals surface area contributed by atoms with Gasteiger partial charge in [0.2, 0.25) is 0 Å². The molecule has 0 aliphatic heterocycles. The second-order valence-corrected chi connectivity index (χ2v) is 7.95. The van der Waals surface area contributed by atoms with Crippen molar-refractivity contribution in [3.63, 3.8) is 0 Å². The summed E-state index contributed by atoms with van der Waals surface area (Å²) < 4.78 is 10.8.